The van der Waals surface area contributed by atoms with Gasteiger partial charge in [0, 0.05) is 18.2 Å². The third-order valence-electron chi connectivity index (χ3n) is 5.33. The molecule has 6 nitrogen and oxygen atoms in total. The number of anilines is 1. The first-order valence-corrected chi connectivity index (χ1v) is 9.53. The fourth-order valence-corrected chi connectivity index (χ4v) is 3.73. The van der Waals surface area contributed by atoms with E-state index in [1.165, 1.54) is 6.42 Å². The summed E-state index contributed by atoms with van der Waals surface area (Å²) in [4.78, 5) is 23.4. The fourth-order valence-electron chi connectivity index (χ4n) is 3.73. The molecule has 4 rings (SSSR count). The minimum Gasteiger partial charge on any atom is -0.497 e. The summed E-state index contributed by atoms with van der Waals surface area (Å²) in [6, 6.07) is 13.1. The van der Waals surface area contributed by atoms with E-state index in [4.69, 9.17) is 14.7 Å². The molecule has 1 atom stereocenters. The summed E-state index contributed by atoms with van der Waals surface area (Å²) in [7, 11) is 1.64. The molecule has 1 aliphatic heterocycles. The van der Waals surface area contributed by atoms with E-state index in [9.17, 15) is 9.90 Å². The first-order chi connectivity index (χ1) is 13.6. The molecule has 0 spiro atoms. The minimum absolute atomic E-state index is 0.219. The monoisotopic (exact) mass is 377 g/mol. The summed E-state index contributed by atoms with van der Waals surface area (Å²) in [6.45, 7) is 3.12. The summed E-state index contributed by atoms with van der Waals surface area (Å²) >= 11 is 0. The molecule has 1 N–H and O–H groups in total. The number of carboxylic acid groups (broad SMARTS) is 1. The first-order valence-electron chi connectivity index (χ1n) is 9.53. The zero-order valence-corrected chi connectivity index (χ0v) is 16.1. The zero-order chi connectivity index (χ0) is 19.7. The molecule has 0 bridgehead atoms. The largest absolute Gasteiger partial charge is 0.497 e. The number of benzene rings is 2. The number of piperidine rings is 1. The molecular weight excluding hydrogens is 354 g/mol. The molecule has 2 aromatic carbocycles. The molecule has 1 aliphatic rings. The van der Waals surface area contributed by atoms with E-state index in [2.05, 4.69) is 11.8 Å². The van der Waals surface area contributed by atoms with Gasteiger partial charge in [0.15, 0.2) is 5.82 Å². The van der Waals surface area contributed by atoms with Crippen molar-refractivity contribution in [2.24, 2.45) is 0 Å². The van der Waals surface area contributed by atoms with Gasteiger partial charge in [-0.05, 0) is 68.7 Å². The summed E-state index contributed by atoms with van der Waals surface area (Å²) in [5.41, 5.74) is 3.28. The zero-order valence-electron chi connectivity index (χ0n) is 16.1. The van der Waals surface area contributed by atoms with Gasteiger partial charge in [-0.3, -0.25) is 0 Å². The van der Waals surface area contributed by atoms with Crippen molar-refractivity contribution in [3.8, 4) is 17.0 Å². The van der Waals surface area contributed by atoms with Gasteiger partial charge < -0.3 is 14.7 Å². The number of carboxylic acids is 1. The lowest BCUT2D eigenvalue weighted by Crippen LogP contribution is -2.38. The van der Waals surface area contributed by atoms with E-state index in [-0.39, 0.29) is 5.56 Å². The number of hydrogen-bond acceptors (Lipinski definition) is 5. The number of fused-ring (bicyclic) bond motifs is 1. The third-order valence-corrected chi connectivity index (χ3v) is 5.33. The number of hydrogen-bond donors (Lipinski definition) is 1. The molecule has 2 heterocycles. The summed E-state index contributed by atoms with van der Waals surface area (Å²) in [6.07, 6.45) is 3.43. The normalized spacial score (nSPS) is 16.9. The first kappa shape index (κ1) is 18.2. The van der Waals surface area contributed by atoms with E-state index in [1.807, 2.05) is 24.3 Å². The van der Waals surface area contributed by atoms with Crippen LogP contribution in [0.4, 0.5) is 5.82 Å². The second kappa shape index (κ2) is 7.46. The van der Waals surface area contributed by atoms with E-state index < -0.39 is 5.97 Å². The van der Waals surface area contributed by atoms with E-state index >= 15 is 0 Å². The van der Waals surface area contributed by atoms with Gasteiger partial charge in [-0.1, -0.05) is 0 Å². The maximum absolute atomic E-state index is 11.4. The van der Waals surface area contributed by atoms with Gasteiger partial charge in [-0.15, -0.1) is 0 Å². The smallest absolute Gasteiger partial charge is 0.335 e. The Morgan fingerprint density at radius 2 is 1.89 bits per heavy atom. The van der Waals surface area contributed by atoms with Crippen LogP contribution in [0.5, 0.6) is 5.75 Å². The average Bonchev–Trinajstić information content (AvgIpc) is 2.73. The van der Waals surface area contributed by atoms with Crippen molar-refractivity contribution >= 4 is 22.8 Å². The van der Waals surface area contributed by atoms with Crippen LogP contribution in [-0.2, 0) is 0 Å². The SMILES string of the molecule is COc1ccc(-c2nc3ccc(C(=O)O)cc3nc2N2CCCCC2C)cc1. The third kappa shape index (κ3) is 3.38. The maximum atomic E-state index is 11.4. The highest BCUT2D eigenvalue weighted by Crippen LogP contribution is 2.34. The molecule has 1 aromatic heterocycles. The van der Waals surface area contributed by atoms with Crippen molar-refractivity contribution in [3.05, 3.63) is 48.0 Å². The highest BCUT2D eigenvalue weighted by atomic mass is 16.5. The van der Waals surface area contributed by atoms with Crippen LogP contribution in [0.2, 0.25) is 0 Å². The summed E-state index contributed by atoms with van der Waals surface area (Å²) in [5, 5.41) is 9.32. The Morgan fingerprint density at radius 1 is 1.11 bits per heavy atom. The molecule has 0 saturated carbocycles. The molecule has 1 unspecified atom stereocenters. The predicted octanol–water partition coefficient (Wildman–Crippen LogP) is 4.38. The molecule has 0 aliphatic carbocycles. The van der Waals surface area contributed by atoms with E-state index in [0.29, 0.717) is 17.1 Å². The topological polar surface area (TPSA) is 75.5 Å². The fraction of sp³-hybridized carbons (Fsp3) is 0.318. The Bertz CT molecular complexity index is 1020. The minimum atomic E-state index is -0.962. The second-order valence-corrected chi connectivity index (χ2v) is 7.17. The molecule has 0 radical (unpaired) electrons. The van der Waals surface area contributed by atoms with E-state index in [1.54, 1.807) is 25.3 Å². The second-order valence-electron chi connectivity index (χ2n) is 7.17. The number of nitrogens with zero attached hydrogens (tertiary/aromatic N) is 3. The molecule has 3 aromatic rings. The van der Waals surface area contributed by atoms with Gasteiger partial charge in [-0.2, -0.15) is 0 Å². The number of rotatable bonds is 4. The van der Waals surface area contributed by atoms with Gasteiger partial charge in [0.1, 0.15) is 11.4 Å². The van der Waals surface area contributed by atoms with Crippen molar-refractivity contribution < 1.29 is 14.6 Å². The molecule has 144 valence electrons. The lowest BCUT2D eigenvalue weighted by molar-refractivity contribution is 0.0697. The summed E-state index contributed by atoms with van der Waals surface area (Å²) < 4.78 is 5.27. The van der Waals surface area contributed by atoms with Crippen LogP contribution in [0.1, 0.15) is 36.5 Å². The highest BCUT2D eigenvalue weighted by Gasteiger charge is 2.24. The quantitative estimate of drug-likeness (QED) is 0.727. The Labute approximate surface area is 163 Å². The highest BCUT2D eigenvalue weighted by molar-refractivity contribution is 5.93. The van der Waals surface area contributed by atoms with Crippen LogP contribution < -0.4 is 9.64 Å². The number of ether oxygens (including phenoxy) is 1. The van der Waals surface area contributed by atoms with Crippen LogP contribution in [0, 0.1) is 0 Å². The molecule has 1 fully saturated rings. The van der Waals surface area contributed by atoms with Gasteiger partial charge in [0.2, 0.25) is 0 Å². The maximum Gasteiger partial charge on any atom is 0.335 e. The van der Waals surface area contributed by atoms with Crippen molar-refractivity contribution in [1.82, 2.24) is 9.97 Å². The molecular formula is C22H23N3O3. The molecule has 6 heteroatoms. The Morgan fingerprint density at radius 3 is 2.57 bits per heavy atom. The van der Waals surface area contributed by atoms with Crippen molar-refractivity contribution in [1.29, 1.82) is 0 Å². The van der Waals surface area contributed by atoms with E-state index in [0.717, 1.165) is 42.2 Å². The van der Waals surface area contributed by atoms with Crippen molar-refractivity contribution in [2.45, 2.75) is 32.2 Å². The number of carbonyl (C=O) groups is 1. The van der Waals surface area contributed by atoms with Crippen molar-refractivity contribution in [2.75, 3.05) is 18.6 Å². The Kier molecular flexibility index (Phi) is 4.86. The van der Waals surface area contributed by atoms with Crippen LogP contribution in [-0.4, -0.2) is 40.7 Å². The molecule has 0 amide bonds. The van der Waals surface area contributed by atoms with Crippen molar-refractivity contribution in [3.63, 3.8) is 0 Å². The van der Waals surface area contributed by atoms with Gasteiger partial charge in [-0.25, -0.2) is 14.8 Å². The standard InChI is InChI=1S/C22H23N3O3/c1-14-5-3-4-12-25(14)21-20(15-6-9-17(28-2)10-7-15)23-18-11-8-16(22(26)27)13-19(18)24-21/h6-11,13-14H,3-5,12H2,1-2H3,(H,26,27). The lowest BCUT2D eigenvalue weighted by Gasteiger charge is -2.35. The molecule has 1 saturated heterocycles. The number of methoxy groups -OCH3 is 1. The van der Waals surface area contributed by atoms with Crippen LogP contribution in [0.3, 0.4) is 0 Å². The Balaban J connectivity index is 1.90. The number of aromatic carboxylic acids is 1. The predicted molar refractivity (Wildman–Crippen MR) is 109 cm³/mol. The average molecular weight is 377 g/mol. The van der Waals surface area contributed by atoms with Crippen LogP contribution >= 0.6 is 0 Å². The summed E-state index contributed by atoms with van der Waals surface area (Å²) in [5.74, 6) is 0.639. The van der Waals surface area contributed by atoms with Crippen LogP contribution in [0.25, 0.3) is 22.3 Å². The molecule has 28 heavy (non-hydrogen) atoms. The Hall–Kier alpha value is -3.15. The lowest BCUT2D eigenvalue weighted by atomic mass is 10.0. The number of aromatic nitrogens is 2. The van der Waals surface area contributed by atoms with Gasteiger partial charge in [0.05, 0.1) is 23.7 Å². The van der Waals surface area contributed by atoms with Gasteiger partial charge >= 0.3 is 5.97 Å². The van der Waals surface area contributed by atoms with Crippen LogP contribution in [0.15, 0.2) is 42.5 Å². The van der Waals surface area contributed by atoms with Gasteiger partial charge in [0.25, 0.3) is 0 Å².